The first-order valence-electron chi connectivity index (χ1n) is 8.68. The fraction of sp³-hybridized carbons (Fsp3) is 0.263. The Bertz CT molecular complexity index is 938. The number of nitrogens with zero attached hydrogens (tertiary/aromatic N) is 2. The molecule has 8 heteroatoms. The molecular weight excluding hydrogens is 368 g/mol. The van der Waals surface area contributed by atoms with Crippen molar-refractivity contribution in [2.75, 3.05) is 19.6 Å². The first kappa shape index (κ1) is 17.8. The predicted octanol–water partition coefficient (Wildman–Crippen LogP) is 2.10. The average Bonchev–Trinajstić information content (AvgIpc) is 3.40. The van der Waals surface area contributed by atoms with Crippen LogP contribution in [0.25, 0.3) is 17.1 Å². The SMILES string of the molecule is O=C(NCC1CNCC1O)c1cc(-c2ccco2)n(-c2cccc(Cl)c2)n1. The van der Waals surface area contributed by atoms with Crippen molar-refractivity contribution in [2.45, 2.75) is 6.10 Å². The highest BCUT2D eigenvalue weighted by Crippen LogP contribution is 2.25. The van der Waals surface area contributed by atoms with Gasteiger partial charge in [0.25, 0.3) is 5.91 Å². The normalized spacial score (nSPS) is 19.3. The van der Waals surface area contributed by atoms with Gasteiger partial charge in [-0.2, -0.15) is 5.10 Å². The molecule has 2 atom stereocenters. The van der Waals surface area contributed by atoms with E-state index in [1.165, 1.54) is 0 Å². The van der Waals surface area contributed by atoms with Gasteiger partial charge in [0.2, 0.25) is 0 Å². The largest absolute Gasteiger partial charge is 0.463 e. The number of halogens is 1. The number of furan rings is 1. The Hall–Kier alpha value is -2.61. The van der Waals surface area contributed by atoms with Crippen molar-refractivity contribution >= 4 is 17.5 Å². The number of aromatic nitrogens is 2. The topological polar surface area (TPSA) is 92.3 Å². The number of hydrogen-bond donors (Lipinski definition) is 3. The number of hydrogen-bond acceptors (Lipinski definition) is 5. The van der Waals surface area contributed by atoms with Crippen LogP contribution < -0.4 is 10.6 Å². The van der Waals surface area contributed by atoms with Gasteiger partial charge in [-0.1, -0.05) is 17.7 Å². The van der Waals surface area contributed by atoms with Crippen LogP contribution in [0.3, 0.4) is 0 Å². The first-order valence-corrected chi connectivity index (χ1v) is 9.06. The minimum absolute atomic E-state index is 0.00601. The van der Waals surface area contributed by atoms with E-state index < -0.39 is 6.10 Å². The van der Waals surface area contributed by atoms with E-state index >= 15 is 0 Å². The predicted molar refractivity (Wildman–Crippen MR) is 101 cm³/mol. The molecule has 1 saturated heterocycles. The molecule has 0 bridgehead atoms. The van der Waals surface area contributed by atoms with Crippen LogP contribution in [0.1, 0.15) is 10.5 Å². The smallest absolute Gasteiger partial charge is 0.271 e. The van der Waals surface area contributed by atoms with Crippen LogP contribution in [0.15, 0.2) is 53.1 Å². The number of carbonyl (C=O) groups excluding carboxylic acids is 1. The van der Waals surface area contributed by atoms with Gasteiger partial charge in [0.15, 0.2) is 11.5 Å². The molecule has 1 aliphatic rings. The Kier molecular flexibility index (Phi) is 4.98. The maximum absolute atomic E-state index is 12.6. The second kappa shape index (κ2) is 7.56. The fourth-order valence-electron chi connectivity index (χ4n) is 3.14. The van der Waals surface area contributed by atoms with Crippen molar-refractivity contribution in [3.05, 3.63) is 59.4 Å². The molecule has 0 saturated carbocycles. The number of amides is 1. The third-order valence-electron chi connectivity index (χ3n) is 4.60. The monoisotopic (exact) mass is 386 g/mol. The number of rotatable bonds is 5. The molecular formula is C19H19ClN4O3. The molecule has 2 unspecified atom stereocenters. The van der Waals surface area contributed by atoms with E-state index in [-0.39, 0.29) is 17.5 Å². The van der Waals surface area contributed by atoms with Gasteiger partial charge in [0, 0.05) is 36.6 Å². The van der Waals surface area contributed by atoms with Crippen molar-refractivity contribution in [3.63, 3.8) is 0 Å². The zero-order valence-corrected chi connectivity index (χ0v) is 15.2. The number of aliphatic hydroxyl groups is 1. The number of benzene rings is 1. The molecule has 4 rings (SSSR count). The standard InChI is InChI=1S/C19H19ClN4O3/c20-13-3-1-4-14(7-13)24-16(18-5-2-6-27-18)8-15(23-24)19(26)22-10-12-9-21-11-17(12)25/h1-8,12,17,21,25H,9-11H2,(H,22,26). The van der Waals surface area contributed by atoms with Gasteiger partial charge >= 0.3 is 0 Å². The summed E-state index contributed by atoms with van der Waals surface area (Å²) in [5.74, 6) is 0.285. The minimum atomic E-state index is -0.451. The van der Waals surface area contributed by atoms with Crippen LogP contribution in [0, 0.1) is 5.92 Å². The summed E-state index contributed by atoms with van der Waals surface area (Å²) in [5.41, 5.74) is 1.64. The van der Waals surface area contributed by atoms with Gasteiger partial charge in [0.05, 0.1) is 18.1 Å². The summed E-state index contributed by atoms with van der Waals surface area (Å²) in [6.45, 7) is 1.61. The summed E-state index contributed by atoms with van der Waals surface area (Å²) in [5, 5.41) is 20.8. The molecule has 0 aliphatic carbocycles. The maximum atomic E-state index is 12.6. The van der Waals surface area contributed by atoms with Crippen LogP contribution in [0.5, 0.6) is 0 Å². The van der Waals surface area contributed by atoms with Crippen molar-refractivity contribution in [1.29, 1.82) is 0 Å². The zero-order valence-electron chi connectivity index (χ0n) is 14.4. The summed E-state index contributed by atoms with van der Waals surface area (Å²) in [6, 6.07) is 12.5. The Labute approximate surface area is 160 Å². The van der Waals surface area contributed by atoms with Crippen LogP contribution in [0.4, 0.5) is 0 Å². The van der Waals surface area contributed by atoms with Gasteiger partial charge < -0.3 is 20.2 Å². The Morgan fingerprint density at radius 3 is 2.93 bits per heavy atom. The lowest BCUT2D eigenvalue weighted by atomic mass is 10.1. The highest BCUT2D eigenvalue weighted by Gasteiger charge is 2.26. The second-order valence-corrected chi connectivity index (χ2v) is 6.92. The Morgan fingerprint density at radius 1 is 1.33 bits per heavy atom. The van der Waals surface area contributed by atoms with Gasteiger partial charge in [-0.05, 0) is 30.3 Å². The van der Waals surface area contributed by atoms with Crippen LogP contribution in [-0.4, -0.2) is 46.5 Å². The van der Waals surface area contributed by atoms with E-state index in [0.717, 1.165) is 5.69 Å². The minimum Gasteiger partial charge on any atom is -0.463 e. The summed E-state index contributed by atoms with van der Waals surface area (Å²) in [7, 11) is 0. The van der Waals surface area contributed by atoms with Gasteiger partial charge in [-0.25, -0.2) is 4.68 Å². The molecule has 7 nitrogen and oxygen atoms in total. The van der Waals surface area contributed by atoms with Crippen LogP contribution >= 0.6 is 11.6 Å². The van der Waals surface area contributed by atoms with E-state index in [1.807, 2.05) is 12.1 Å². The third kappa shape index (κ3) is 3.75. The number of β-amino-alcohol motifs (C(OH)–C–C–N with tert-alkyl or cyclic N) is 1. The molecule has 0 radical (unpaired) electrons. The summed E-state index contributed by atoms with van der Waals surface area (Å²) in [4.78, 5) is 12.6. The third-order valence-corrected chi connectivity index (χ3v) is 4.83. The lowest BCUT2D eigenvalue weighted by molar-refractivity contribution is 0.0921. The highest BCUT2D eigenvalue weighted by molar-refractivity contribution is 6.30. The lowest BCUT2D eigenvalue weighted by Crippen LogP contribution is -2.34. The summed E-state index contributed by atoms with van der Waals surface area (Å²) < 4.78 is 7.12. The first-order chi connectivity index (χ1) is 13.1. The molecule has 1 fully saturated rings. The molecule has 1 amide bonds. The van der Waals surface area contributed by atoms with Crippen molar-refractivity contribution in [2.24, 2.45) is 5.92 Å². The summed E-state index contributed by atoms with van der Waals surface area (Å²) >= 11 is 6.10. The van der Waals surface area contributed by atoms with Crippen molar-refractivity contribution in [3.8, 4) is 17.1 Å². The van der Waals surface area contributed by atoms with Crippen LogP contribution in [-0.2, 0) is 0 Å². The molecule has 3 aromatic rings. The number of aliphatic hydroxyl groups excluding tert-OH is 1. The van der Waals surface area contributed by atoms with Crippen molar-refractivity contribution < 1.29 is 14.3 Å². The molecule has 1 aliphatic heterocycles. The molecule has 1 aromatic carbocycles. The molecule has 3 N–H and O–H groups in total. The highest BCUT2D eigenvalue weighted by atomic mass is 35.5. The number of carbonyl (C=O) groups is 1. The molecule has 140 valence electrons. The quantitative estimate of drug-likeness (QED) is 0.624. The Morgan fingerprint density at radius 2 is 2.22 bits per heavy atom. The lowest BCUT2D eigenvalue weighted by Gasteiger charge is -2.13. The van der Waals surface area contributed by atoms with E-state index in [4.69, 9.17) is 16.0 Å². The van der Waals surface area contributed by atoms with Crippen LogP contribution in [0.2, 0.25) is 5.02 Å². The fourth-order valence-corrected chi connectivity index (χ4v) is 3.32. The van der Waals surface area contributed by atoms with Gasteiger partial charge in [-0.15, -0.1) is 0 Å². The number of nitrogens with one attached hydrogen (secondary N) is 2. The molecule has 2 aromatic heterocycles. The van der Waals surface area contributed by atoms with E-state index in [9.17, 15) is 9.90 Å². The van der Waals surface area contributed by atoms with E-state index in [0.29, 0.717) is 36.1 Å². The van der Waals surface area contributed by atoms with Crippen molar-refractivity contribution in [1.82, 2.24) is 20.4 Å². The molecule has 3 heterocycles. The molecule has 27 heavy (non-hydrogen) atoms. The van der Waals surface area contributed by atoms with Gasteiger partial charge in [-0.3, -0.25) is 4.79 Å². The molecule has 0 spiro atoms. The average molecular weight is 387 g/mol. The Balaban J connectivity index is 1.62. The summed E-state index contributed by atoms with van der Waals surface area (Å²) in [6.07, 6.45) is 1.12. The second-order valence-electron chi connectivity index (χ2n) is 6.48. The van der Waals surface area contributed by atoms with E-state index in [2.05, 4.69) is 15.7 Å². The van der Waals surface area contributed by atoms with E-state index in [1.54, 1.807) is 41.3 Å². The maximum Gasteiger partial charge on any atom is 0.271 e. The zero-order chi connectivity index (χ0) is 18.8. The van der Waals surface area contributed by atoms with Gasteiger partial charge in [0.1, 0.15) is 5.69 Å².